The van der Waals surface area contributed by atoms with E-state index >= 15 is 0 Å². The fourth-order valence-electron chi connectivity index (χ4n) is 1.73. The van der Waals surface area contributed by atoms with Crippen LogP contribution in [-0.4, -0.2) is 46.6 Å². The number of anilines is 1. The van der Waals surface area contributed by atoms with E-state index in [1.54, 1.807) is 0 Å². The number of amides is 1. The largest absolute Gasteiger partial charge is 0.491 e. The molecule has 8 heteroatoms. The van der Waals surface area contributed by atoms with Gasteiger partial charge in [0.1, 0.15) is 25.5 Å². The summed E-state index contributed by atoms with van der Waals surface area (Å²) in [5.41, 5.74) is 0. The number of hydrogen-bond donors (Lipinski definition) is 2. The van der Waals surface area contributed by atoms with E-state index in [1.165, 1.54) is 16.9 Å². The molecule has 2 aromatic rings. The van der Waals surface area contributed by atoms with Gasteiger partial charge in [-0.15, -0.1) is 0 Å². The Kier molecular flexibility index (Phi) is 6.13. The van der Waals surface area contributed by atoms with E-state index in [4.69, 9.17) is 14.6 Å². The van der Waals surface area contributed by atoms with Gasteiger partial charge in [-0.1, -0.05) is 18.2 Å². The number of aliphatic carboxylic acids is 1. The van der Waals surface area contributed by atoms with Crippen molar-refractivity contribution in [2.75, 3.05) is 25.1 Å². The lowest BCUT2D eigenvalue weighted by molar-refractivity contribution is -0.137. The zero-order chi connectivity index (χ0) is 16.5. The molecule has 0 saturated carbocycles. The Hall–Kier alpha value is -2.87. The first kappa shape index (κ1) is 16.5. The van der Waals surface area contributed by atoms with Gasteiger partial charge in [0, 0.05) is 12.3 Å². The highest BCUT2D eigenvalue weighted by Crippen LogP contribution is 2.07. The molecule has 1 aromatic carbocycles. The van der Waals surface area contributed by atoms with Crippen molar-refractivity contribution in [1.29, 1.82) is 0 Å². The average molecular weight is 319 g/mol. The summed E-state index contributed by atoms with van der Waals surface area (Å²) < 4.78 is 11.8. The molecule has 0 saturated heterocycles. The lowest BCUT2D eigenvalue weighted by atomic mass is 10.3. The highest BCUT2D eigenvalue weighted by atomic mass is 16.5. The monoisotopic (exact) mass is 319 g/mol. The van der Waals surface area contributed by atoms with Gasteiger partial charge >= 0.3 is 5.97 Å². The number of nitrogens with zero attached hydrogens (tertiary/aromatic N) is 2. The number of benzene rings is 1. The van der Waals surface area contributed by atoms with Gasteiger partial charge in [0.05, 0.1) is 6.61 Å². The zero-order valence-electron chi connectivity index (χ0n) is 12.3. The molecule has 0 aliphatic heterocycles. The van der Waals surface area contributed by atoms with Crippen LogP contribution in [0.3, 0.4) is 0 Å². The number of nitrogens with one attached hydrogen (secondary N) is 1. The van der Waals surface area contributed by atoms with Crippen LogP contribution in [0.2, 0.25) is 0 Å². The van der Waals surface area contributed by atoms with Crippen LogP contribution in [-0.2, 0) is 20.9 Å². The summed E-state index contributed by atoms with van der Waals surface area (Å²) in [4.78, 5) is 22.2. The molecule has 0 aliphatic carbocycles. The molecule has 0 aliphatic rings. The van der Waals surface area contributed by atoms with E-state index in [2.05, 4.69) is 10.4 Å². The molecule has 8 nitrogen and oxygen atoms in total. The number of carboxylic acids is 1. The first-order chi connectivity index (χ1) is 11.1. The third-order valence-electron chi connectivity index (χ3n) is 2.68. The smallest absolute Gasteiger partial charge is 0.325 e. The second kappa shape index (κ2) is 8.54. The normalized spacial score (nSPS) is 10.3. The molecule has 0 unspecified atom stereocenters. The molecular weight excluding hydrogens is 302 g/mol. The van der Waals surface area contributed by atoms with Crippen LogP contribution < -0.4 is 10.1 Å². The maximum atomic E-state index is 11.6. The molecule has 0 atom stereocenters. The number of carboxylic acid groups (broad SMARTS) is 1. The number of para-hydroxylation sites is 1. The van der Waals surface area contributed by atoms with Crippen LogP contribution in [0.5, 0.6) is 5.75 Å². The van der Waals surface area contributed by atoms with Crippen LogP contribution in [0.1, 0.15) is 0 Å². The first-order valence-electron chi connectivity index (χ1n) is 6.94. The second-order valence-corrected chi connectivity index (χ2v) is 4.55. The molecule has 2 N–H and O–H groups in total. The quantitative estimate of drug-likeness (QED) is 0.669. The number of carbonyl (C=O) groups is 2. The van der Waals surface area contributed by atoms with Crippen LogP contribution in [0, 0.1) is 0 Å². The van der Waals surface area contributed by atoms with Gasteiger partial charge in [0.2, 0.25) is 0 Å². The Balaban J connectivity index is 1.61. The van der Waals surface area contributed by atoms with Gasteiger partial charge in [-0.05, 0) is 12.1 Å². The van der Waals surface area contributed by atoms with Crippen molar-refractivity contribution >= 4 is 17.7 Å². The molecule has 23 heavy (non-hydrogen) atoms. The van der Waals surface area contributed by atoms with Crippen molar-refractivity contribution in [2.24, 2.45) is 0 Å². The minimum atomic E-state index is -1.01. The topological polar surface area (TPSA) is 103 Å². The molecule has 0 spiro atoms. The molecule has 122 valence electrons. The third kappa shape index (κ3) is 6.18. The van der Waals surface area contributed by atoms with Crippen molar-refractivity contribution in [2.45, 2.75) is 6.54 Å². The number of aromatic nitrogens is 2. The Morgan fingerprint density at radius 1 is 1.17 bits per heavy atom. The van der Waals surface area contributed by atoms with Gasteiger partial charge in [-0.25, -0.2) is 0 Å². The average Bonchev–Trinajstić information content (AvgIpc) is 2.94. The van der Waals surface area contributed by atoms with Gasteiger partial charge in [-0.2, -0.15) is 5.10 Å². The summed E-state index contributed by atoms with van der Waals surface area (Å²) in [6, 6.07) is 10.8. The minimum absolute atomic E-state index is 0.135. The van der Waals surface area contributed by atoms with Gasteiger partial charge in [-0.3, -0.25) is 14.3 Å². The Morgan fingerprint density at radius 2 is 1.96 bits per heavy atom. The van der Waals surface area contributed by atoms with Crippen molar-refractivity contribution in [3.8, 4) is 5.75 Å². The Morgan fingerprint density at radius 3 is 2.70 bits per heavy atom. The number of carbonyl (C=O) groups excluding carboxylic acids is 1. The third-order valence-corrected chi connectivity index (χ3v) is 2.68. The van der Waals surface area contributed by atoms with Crippen molar-refractivity contribution in [3.63, 3.8) is 0 Å². The molecule has 2 rings (SSSR count). The van der Waals surface area contributed by atoms with E-state index < -0.39 is 5.97 Å². The van der Waals surface area contributed by atoms with Crippen molar-refractivity contribution in [1.82, 2.24) is 9.78 Å². The predicted octanol–water partition coefficient (Wildman–Crippen LogP) is 1.00. The molecule has 1 heterocycles. The maximum Gasteiger partial charge on any atom is 0.325 e. The summed E-state index contributed by atoms with van der Waals surface area (Å²) in [5.74, 6) is -0.358. The van der Waals surface area contributed by atoms with Crippen LogP contribution >= 0.6 is 0 Å². The number of ether oxygens (including phenoxy) is 2. The summed E-state index contributed by atoms with van der Waals surface area (Å²) in [6.07, 6.45) is 1.47. The van der Waals surface area contributed by atoms with Gasteiger partial charge in [0.15, 0.2) is 5.82 Å². The van der Waals surface area contributed by atoms with Crippen LogP contribution in [0.15, 0.2) is 42.6 Å². The van der Waals surface area contributed by atoms with Gasteiger partial charge < -0.3 is 19.9 Å². The van der Waals surface area contributed by atoms with Crippen molar-refractivity contribution in [3.05, 3.63) is 42.6 Å². The molecule has 1 amide bonds. The molecule has 0 radical (unpaired) electrons. The van der Waals surface area contributed by atoms with E-state index in [0.717, 1.165) is 5.75 Å². The zero-order valence-corrected chi connectivity index (χ0v) is 12.3. The fourth-order valence-corrected chi connectivity index (χ4v) is 1.73. The first-order valence-corrected chi connectivity index (χ1v) is 6.94. The molecule has 0 bridgehead atoms. The predicted molar refractivity (Wildman–Crippen MR) is 81.2 cm³/mol. The highest BCUT2D eigenvalue weighted by molar-refractivity contribution is 5.90. The summed E-state index contributed by atoms with van der Waals surface area (Å²) in [5, 5.41) is 15.0. The maximum absolute atomic E-state index is 11.6. The van der Waals surface area contributed by atoms with Crippen LogP contribution in [0.25, 0.3) is 0 Å². The Labute approximate surface area is 132 Å². The summed E-state index contributed by atoms with van der Waals surface area (Å²) in [6.45, 7) is 0.216. The number of rotatable bonds is 9. The van der Waals surface area contributed by atoms with E-state index in [0.29, 0.717) is 6.61 Å². The van der Waals surface area contributed by atoms with Crippen LogP contribution in [0.4, 0.5) is 5.82 Å². The van der Waals surface area contributed by atoms with E-state index in [1.807, 2.05) is 30.3 Å². The molecular formula is C15H17N3O5. The van der Waals surface area contributed by atoms with Gasteiger partial charge in [0.25, 0.3) is 5.91 Å². The molecule has 0 fully saturated rings. The standard InChI is InChI=1S/C15H17N3O5/c19-14(16-13-6-7-18(17-13)10-15(20)21)11-22-8-9-23-12-4-2-1-3-5-12/h1-7H,8-11H2,(H,20,21)(H,16,17,19). The summed E-state index contributed by atoms with van der Waals surface area (Å²) in [7, 11) is 0. The van der Waals surface area contributed by atoms with E-state index in [-0.39, 0.29) is 31.5 Å². The lowest BCUT2D eigenvalue weighted by Crippen LogP contribution is -2.20. The summed E-state index contributed by atoms with van der Waals surface area (Å²) >= 11 is 0. The van der Waals surface area contributed by atoms with E-state index in [9.17, 15) is 9.59 Å². The minimum Gasteiger partial charge on any atom is -0.491 e. The highest BCUT2D eigenvalue weighted by Gasteiger charge is 2.07. The van der Waals surface area contributed by atoms with Crippen molar-refractivity contribution < 1.29 is 24.2 Å². The lowest BCUT2D eigenvalue weighted by Gasteiger charge is -2.06. The SMILES string of the molecule is O=C(O)Cn1ccc(NC(=O)COCCOc2ccccc2)n1. The second-order valence-electron chi connectivity index (χ2n) is 4.55. The molecule has 1 aromatic heterocycles. The Bertz CT molecular complexity index is 642. The number of hydrogen-bond acceptors (Lipinski definition) is 5. The fraction of sp³-hybridized carbons (Fsp3) is 0.267.